The third kappa shape index (κ3) is 3.47. The maximum absolute atomic E-state index is 13.7. The van der Waals surface area contributed by atoms with Gasteiger partial charge < -0.3 is 5.32 Å². The van der Waals surface area contributed by atoms with Gasteiger partial charge in [-0.15, -0.1) is 0 Å². The predicted octanol–water partition coefficient (Wildman–Crippen LogP) is 4.25. The molecule has 0 bridgehead atoms. The first kappa shape index (κ1) is 15.6. The average molecular weight is 307 g/mol. The molecule has 2 unspecified atom stereocenters. The van der Waals surface area contributed by atoms with Crippen LogP contribution in [0.4, 0.5) is 17.6 Å². The van der Waals surface area contributed by atoms with Gasteiger partial charge in [0.2, 0.25) is 0 Å². The van der Waals surface area contributed by atoms with Crippen LogP contribution in [-0.4, -0.2) is 18.1 Å². The molecule has 0 aliphatic carbocycles. The van der Waals surface area contributed by atoms with Crippen LogP contribution in [0.25, 0.3) is 0 Å². The molecule has 1 nitrogen and oxygen atoms in total. The van der Waals surface area contributed by atoms with Crippen molar-refractivity contribution in [3.8, 4) is 0 Å². The van der Waals surface area contributed by atoms with Crippen molar-refractivity contribution in [1.82, 2.24) is 5.32 Å². The van der Waals surface area contributed by atoms with E-state index in [9.17, 15) is 17.6 Å². The monoisotopic (exact) mass is 307 g/mol. The molecule has 1 aliphatic heterocycles. The summed E-state index contributed by atoms with van der Waals surface area (Å²) in [5, 5.41) is 3.27. The molecule has 6 heteroatoms. The topological polar surface area (TPSA) is 12.0 Å². The molecule has 0 spiro atoms. The first-order valence-corrected chi connectivity index (χ1v) is 7.76. The molecule has 1 aliphatic rings. The lowest BCUT2D eigenvalue weighted by Gasteiger charge is -2.25. The number of halogens is 4. The molecule has 0 aromatic heterocycles. The fraction of sp³-hybridized carbons (Fsp3) is 0.571. The minimum atomic E-state index is -4.64. The van der Waals surface area contributed by atoms with Crippen molar-refractivity contribution in [3.63, 3.8) is 0 Å². The molecular weight excluding hydrogens is 290 g/mol. The summed E-state index contributed by atoms with van der Waals surface area (Å²) in [5.74, 6) is 1.16. The summed E-state index contributed by atoms with van der Waals surface area (Å²) in [6, 6.07) is 3.19. The molecule has 1 aromatic carbocycles. The van der Waals surface area contributed by atoms with E-state index in [2.05, 4.69) is 5.32 Å². The third-order valence-corrected chi connectivity index (χ3v) is 4.71. The van der Waals surface area contributed by atoms with E-state index in [4.69, 9.17) is 0 Å². The minimum Gasteiger partial charge on any atom is -0.310 e. The Morgan fingerprint density at radius 3 is 2.65 bits per heavy atom. The first-order chi connectivity index (χ1) is 9.43. The van der Waals surface area contributed by atoms with Gasteiger partial charge in [-0.2, -0.15) is 24.9 Å². The van der Waals surface area contributed by atoms with Crippen molar-refractivity contribution in [2.75, 3.05) is 18.1 Å². The van der Waals surface area contributed by atoms with Gasteiger partial charge in [-0.25, -0.2) is 4.39 Å². The highest BCUT2D eigenvalue weighted by Gasteiger charge is 2.35. The molecule has 2 rings (SSSR count). The average Bonchev–Trinajstić information content (AvgIpc) is 2.87. The van der Waals surface area contributed by atoms with Crippen LogP contribution >= 0.6 is 11.8 Å². The van der Waals surface area contributed by atoms with Crippen LogP contribution in [0.15, 0.2) is 18.2 Å². The second kappa shape index (κ2) is 6.35. The van der Waals surface area contributed by atoms with E-state index < -0.39 is 17.6 Å². The summed E-state index contributed by atoms with van der Waals surface area (Å²) in [7, 11) is 0. The summed E-state index contributed by atoms with van der Waals surface area (Å²) in [4.78, 5) is 0. The Balaban J connectivity index is 2.27. The molecule has 0 amide bonds. The highest BCUT2D eigenvalue weighted by atomic mass is 32.2. The zero-order valence-corrected chi connectivity index (χ0v) is 12.0. The predicted molar refractivity (Wildman–Crippen MR) is 73.3 cm³/mol. The van der Waals surface area contributed by atoms with Gasteiger partial charge in [0.05, 0.1) is 5.56 Å². The van der Waals surface area contributed by atoms with Crippen LogP contribution < -0.4 is 5.32 Å². The second-order valence-corrected chi connectivity index (χ2v) is 6.05. The fourth-order valence-corrected chi connectivity index (χ4v) is 3.84. The first-order valence-electron chi connectivity index (χ1n) is 6.61. The Hall–Kier alpha value is -0.750. The summed E-state index contributed by atoms with van der Waals surface area (Å²) in [6.45, 7) is 2.64. The van der Waals surface area contributed by atoms with Gasteiger partial charge in [0, 0.05) is 6.04 Å². The lowest BCUT2D eigenvalue weighted by molar-refractivity contribution is -0.140. The lowest BCUT2D eigenvalue weighted by atomic mass is 9.91. The van der Waals surface area contributed by atoms with E-state index in [1.54, 1.807) is 0 Å². The van der Waals surface area contributed by atoms with Crippen LogP contribution in [0.3, 0.4) is 0 Å². The molecule has 20 heavy (non-hydrogen) atoms. The molecule has 2 atom stereocenters. The number of thioether (sulfide) groups is 1. The molecule has 0 radical (unpaired) electrons. The molecule has 1 heterocycles. The van der Waals surface area contributed by atoms with Gasteiger partial charge in [-0.3, -0.25) is 0 Å². The van der Waals surface area contributed by atoms with E-state index in [1.165, 1.54) is 6.07 Å². The molecule has 1 aromatic rings. The summed E-state index contributed by atoms with van der Waals surface area (Å²) < 4.78 is 51.4. The highest BCUT2D eigenvalue weighted by molar-refractivity contribution is 7.99. The number of hydrogen-bond donors (Lipinski definition) is 1. The van der Waals surface area contributed by atoms with Gasteiger partial charge in [0.15, 0.2) is 0 Å². The molecule has 1 N–H and O–H groups in total. The maximum Gasteiger partial charge on any atom is 0.419 e. The third-order valence-electron chi connectivity index (χ3n) is 3.52. The van der Waals surface area contributed by atoms with Crippen LogP contribution in [0.1, 0.15) is 30.5 Å². The molecule has 0 saturated carbocycles. The smallest absolute Gasteiger partial charge is 0.310 e. The van der Waals surface area contributed by atoms with Crippen molar-refractivity contribution in [1.29, 1.82) is 0 Å². The van der Waals surface area contributed by atoms with Crippen LogP contribution in [0.2, 0.25) is 0 Å². The highest BCUT2D eigenvalue weighted by Crippen LogP contribution is 2.37. The van der Waals surface area contributed by atoms with E-state index >= 15 is 0 Å². The number of rotatable bonds is 4. The van der Waals surface area contributed by atoms with Crippen molar-refractivity contribution in [2.24, 2.45) is 5.92 Å². The van der Waals surface area contributed by atoms with Crippen LogP contribution in [0, 0.1) is 11.7 Å². The van der Waals surface area contributed by atoms with E-state index in [1.807, 2.05) is 18.7 Å². The summed E-state index contributed by atoms with van der Waals surface area (Å²) >= 11 is 1.83. The minimum absolute atomic E-state index is 0.0771. The maximum atomic E-state index is 13.7. The van der Waals surface area contributed by atoms with E-state index in [0.29, 0.717) is 18.0 Å². The largest absolute Gasteiger partial charge is 0.419 e. The van der Waals surface area contributed by atoms with Gasteiger partial charge in [0.1, 0.15) is 5.82 Å². The normalized spacial score (nSPS) is 21.1. The van der Waals surface area contributed by atoms with Gasteiger partial charge in [-0.1, -0.05) is 13.0 Å². The van der Waals surface area contributed by atoms with Gasteiger partial charge in [0.25, 0.3) is 0 Å². The summed E-state index contributed by atoms with van der Waals surface area (Å²) in [5.41, 5.74) is -0.595. The Labute approximate surface area is 120 Å². The van der Waals surface area contributed by atoms with E-state index in [0.717, 1.165) is 30.1 Å². The van der Waals surface area contributed by atoms with Crippen molar-refractivity contribution in [2.45, 2.75) is 25.6 Å². The summed E-state index contributed by atoms with van der Waals surface area (Å²) in [6.07, 6.45) is -3.63. The Morgan fingerprint density at radius 2 is 2.15 bits per heavy atom. The number of benzene rings is 1. The second-order valence-electron chi connectivity index (χ2n) is 4.90. The van der Waals surface area contributed by atoms with Crippen LogP contribution in [0.5, 0.6) is 0 Å². The molecule has 1 fully saturated rings. The van der Waals surface area contributed by atoms with Gasteiger partial charge in [-0.05, 0) is 48.1 Å². The van der Waals surface area contributed by atoms with Crippen molar-refractivity contribution < 1.29 is 17.6 Å². The number of nitrogens with one attached hydrogen (secondary N) is 1. The van der Waals surface area contributed by atoms with Gasteiger partial charge >= 0.3 is 6.18 Å². The SMILES string of the molecule is CCNC(c1ccc(C(F)(F)F)c(F)c1)C1CCSC1. The van der Waals surface area contributed by atoms with Crippen molar-refractivity contribution >= 4 is 11.8 Å². The zero-order chi connectivity index (χ0) is 14.8. The molecule has 112 valence electrons. The number of alkyl halides is 3. The standard InChI is InChI=1S/C14H17F4NS/c1-2-19-13(10-5-6-20-8-10)9-3-4-11(12(15)7-9)14(16,17)18/h3-4,7,10,13,19H,2,5-6,8H2,1H3. The fourth-order valence-electron chi connectivity index (χ4n) is 2.55. The van der Waals surface area contributed by atoms with Crippen LogP contribution in [-0.2, 0) is 6.18 Å². The zero-order valence-electron chi connectivity index (χ0n) is 11.1. The molecule has 1 saturated heterocycles. The van der Waals surface area contributed by atoms with Crippen molar-refractivity contribution in [3.05, 3.63) is 35.1 Å². The Kier molecular flexibility index (Phi) is 4.96. The van der Waals surface area contributed by atoms with E-state index in [-0.39, 0.29) is 6.04 Å². The quantitative estimate of drug-likeness (QED) is 0.835. The Bertz CT molecular complexity index is 455. The Morgan fingerprint density at radius 1 is 1.40 bits per heavy atom. The number of hydrogen-bond acceptors (Lipinski definition) is 2. The molecular formula is C14H17F4NS. The lowest BCUT2D eigenvalue weighted by Crippen LogP contribution is -2.28.